The van der Waals surface area contributed by atoms with Crippen molar-refractivity contribution in [2.45, 2.75) is 58.6 Å². The molecule has 0 spiro atoms. The number of hydrogen-bond donors (Lipinski definition) is 0. The molecule has 0 radical (unpaired) electrons. The molecule has 0 bridgehead atoms. The van der Waals surface area contributed by atoms with Crippen LogP contribution in [0.2, 0.25) is 0 Å². The molecule has 2 aliphatic rings. The average molecular weight is 341 g/mol. The third-order valence-corrected chi connectivity index (χ3v) is 4.80. The molecule has 0 aromatic heterocycles. The van der Waals surface area contributed by atoms with Crippen LogP contribution in [0.25, 0.3) is 0 Å². The summed E-state index contributed by atoms with van der Waals surface area (Å²) in [6.07, 6.45) is 2.37. The van der Waals surface area contributed by atoms with E-state index in [-0.39, 0.29) is 29.9 Å². The topological polar surface area (TPSA) is 65.1 Å². The predicted octanol–water partition coefficient (Wildman–Crippen LogP) is 2.85. The predicted molar refractivity (Wildman–Crippen MR) is 89.6 cm³/mol. The number of ether oxygens (including phenoxy) is 3. The molecular formula is C18H31NO5. The Morgan fingerprint density at radius 3 is 2.50 bits per heavy atom. The fraction of sp³-hybridized carbons (Fsp3) is 0.889. The van der Waals surface area contributed by atoms with E-state index < -0.39 is 5.60 Å². The lowest BCUT2D eigenvalue weighted by Gasteiger charge is -2.33. The molecule has 24 heavy (non-hydrogen) atoms. The smallest absolute Gasteiger partial charge is 0.410 e. The van der Waals surface area contributed by atoms with Crippen molar-refractivity contribution in [1.82, 2.24) is 4.90 Å². The Bertz CT molecular complexity index is 459. The summed E-state index contributed by atoms with van der Waals surface area (Å²) in [7, 11) is 1.65. The van der Waals surface area contributed by atoms with Crippen molar-refractivity contribution in [3.8, 4) is 0 Å². The van der Waals surface area contributed by atoms with E-state index in [1.54, 1.807) is 7.11 Å². The minimum absolute atomic E-state index is 0.0453. The van der Waals surface area contributed by atoms with Crippen molar-refractivity contribution in [2.75, 3.05) is 26.9 Å². The number of nitrogens with zero attached hydrogens (tertiary/aromatic N) is 1. The minimum Gasteiger partial charge on any atom is -0.466 e. The van der Waals surface area contributed by atoms with Gasteiger partial charge in [0.15, 0.2) is 0 Å². The van der Waals surface area contributed by atoms with Crippen LogP contribution >= 0.6 is 0 Å². The van der Waals surface area contributed by atoms with Crippen LogP contribution in [0.1, 0.15) is 47.0 Å². The summed E-state index contributed by atoms with van der Waals surface area (Å²) < 4.78 is 15.9. The minimum atomic E-state index is -0.529. The van der Waals surface area contributed by atoms with E-state index >= 15 is 0 Å². The number of amides is 1. The molecule has 2 saturated carbocycles. The van der Waals surface area contributed by atoms with Gasteiger partial charge < -0.3 is 19.1 Å². The number of methoxy groups -OCH3 is 1. The molecule has 6 heteroatoms. The third kappa shape index (κ3) is 4.41. The monoisotopic (exact) mass is 341 g/mol. The van der Waals surface area contributed by atoms with Crippen molar-refractivity contribution in [2.24, 2.45) is 17.8 Å². The normalized spacial score (nSPS) is 28.2. The lowest BCUT2D eigenvalue weighted by atomic mass is 10.1. The summed E-state index contributed by atoms with van der Waals surface area (Å²) in [4.78, 5) is 26.5. The highest BCUT2D eigenvalue weighted by Gasteiger charge is 2.64. The van der Waals surface area contributed by atoms with Crippen LogP contribution in [0.5, 0.6) is 0 Å². The highest BCUT2D eigenvalue weighted by atomic mass is 16.6. The fourth-order valence-corrected chi connectivity index (χ4v) is 3.88. The van der Waals surface area contributed by atoms with Gasteiger partial charge in [-0.2, -0.15) is 0 Å². The largest absolute Gasteiger partial charge is 0.466 e. The molecule has 1 amide bonds. The average Bonchev–Trinajstić information content (AvgIpc) is 3.05. The Morgan fingerprint density at radius 1 is 1.21 bits per heavy atom. The summed E-state index contributed by atoms with van der Waals surface area (Å²) in [6.45, 7) is 9.03. The molecule has 0 saturated heterocycles. The maximum absolute atomic E-state index is 12.7. The van der Waals surface area contributed by atoms with Crippen molar-refractivity contribution in [1.29, 1.82) is 0 Å². The number of fused-ring (bicyclic) bond motifs is 1. The van der Waals surface area contributed by atoms with Gasteiger partial charge in [-0.05, 0) is 58.8 Å². The van der Waals surface area contributed by atoms with Crippen LogP contribution in [-0.4, -0.2) is 55.5 Å². The molecule has 2 rings (SSSR count). The molecule has 0 unspecified atom stereocenters. The van der Waals surface area contributed by atoms with Gasteiger partial charge in [0.1, 0.15) is 5.60 Å². The van der Waals surface area contributed by atoms with Crippen LogP contribution in [0.3, 0.4) is 0 Å². The molecule has 2 fully saturated rings. The quantitative estimate of drug-likeness (QED) is 0.526. The highest BCUT2D eigenvalue weighted by Crippen LogP contribution is 2.59. The molecule has 138 valence electrons. The summed E-state index contributed by atoms with van der Waals surface area (Å²) in [6, 6.07) is 0.0658. The van der Waals surface area contributed by atoms with Crippen LogP contribution in [-0.2, 0) is 19.0 Å². The van der Waals surface area contributed by atoms with Gasteiger partial charge in [0.2, 0.25) is 0 Å². The lowest BCUT2D eigenvalue weighted by molar-refractivity contribution is -0.145. The van der Waals surface area contributed by atoms with E-state index in [1.165, 1.54) is 0 Å². The molecule has 0 aliphatic heterocycles. The first kappa shape index (κ1) is 19.0. The van der Waals surface area contributed by atoms with Gasteiger partial charge in [0.25, 0.3) is 0 Å². The zero-order valence-electron chi connectivity index (χ0n) is 15.5. The molecule has 2 aliphatic carbocycles. The van der Waals surface area contributed by atoms with Crippen molar-refractivity contribution in [3.63, 3.8) is 0 Å². The fourth-order valence-electron chi connectivity index (χ4n) is 3.88. The lowest BCUT2D eigenvalue weighted by Crippen LogP contribution is -2.45. The van der Waals surface area contributed by atoms with Crippen LogP contribution in [0, 0.1) is 17.8 Å². The molecule has 6 nitrogen and oxygen atoms in total. The first-order valence-electron chi connectivity index (χ1n) is 8.95. The van der Waals surface area contributed by atoms with Crippen molar-refractivity contribution in [3.05, 3.63) is 0 Å². The van der Waals surface area contributed by atoms with Gasteiger partial charge >= 0.3 is 12.1 Å². The highest BCUT2D eigenvalue weighted by molar-refractivity contribution is 5.77. The van der Waals surface area contributed by atoms with Crippen LogP contribution < -0.4 is 0 Å². The van der Waals surface area contributed by atoms with Gasteiger partial charge in [-0.1, -0.05) is 0 Å². The van der Waals surface area contributed by atoms with Gasteiger partial charge in [0.05, 0.1) is 12.5 Å². The van der Waals surface area contributed by atoms with E-state index in [0.29, 0.717) is 25.7 Å². The molecule has 4 atom stereocenters. The Hall–Kier alpha value is -1.30. The van der Waals surface area contributed by atoms with Gasteiger partial charge in [-0.25, -0.2) is 4.79 Å². The number of hydrogen-bond acceptors (Lipinski definition) is 5. The van der Waals surface area contributed by atoms with Crippen LogP contribution in [0.4, 0.5) is 4.79 Å². The van der Waals surface area contributed by atoms with Crippen molar-refractivity contribution < 1.29 is 23.8 Å². The molecule has 0 N–H and O–H groups in total. The first-order valence-corrected chi connectivity index (χ1v) is 8.95. The van der Waals surface area contributed by atoms with E-state index in [2.05, 4.69) is 0 Å². The summed E-state index contributed by atoms with van der Waals surface area (Å²) in [5, 5.41) is 0. The maximum Gasteiger partial charge on any atom is 0.410 e. The second-order valence-electron chi connectivity index (χ2n) is 7.68. The molecule has 0 aromatic rings. The SMILES string of the molecule is CCOC(=O)[C@H]1[C@@H]2CC[C@H](N(CCCOC)C(=O)OC(C)(C)C)[C@@H]21. The summed E-state index contributed by atoms with van der Waals surface area (Å²) >= 11 is 0. The molecule has 0 aromatic carbocycles. The summed E-state index contributed by atoms with van der Waals surface area (Å²) in [5.41, 5.74) is -0.529. The maximum atomic E-state index is 12.7. The molecule has 0 heterocycles. The Balaban J connectivity index is 2.04. The standard InChI is InChI=1S/C18H31NO5/c1-6-23-16(20)15-12-8-9-13(14(12)15)19(10-7-11-22-5)17(21)24-18(2,3)4/h12-15H,6-11H2,1-5H3/t12-,13+,14-,15+/m1/s1. The Morgan fingerprint density at radius 2 is 1.92 bits per heavy atom. The zero-order valence-corrected chi connectivity index (χ0v) is 15.5. The zero-order chi connectivity index (χ0) is 17.9. The molecular weight excluding hydrogens is 310 g/mol. The van der Waals surface area contributed by atoms with E-state index in [1.807, 2.05) is 32.6 Å². The second kappa shape index (κ2) is 7.72. The van der Waals surface area contributed by atoms with Gasteiger partial charge in [-0.15, -0.1) is 0 Å². The number of carbonyl (C=O) groups excluding carboxylic acids is 2. The van der Waals surface area contributed by atoms with Crippen LogP contribution in [0.15, 0.2) is 0 Å². The number of rotatable bonds is 7. The van der Waals surface area contributed by atoms with Gasteiger partial charge in [0, 0.05) is 26.3 Å². The van der Waals surface area contributed by atoms with E-state index in [0.717, 1.165) is 19.3 Å². The summed E-state index contributed by atoms with van der Waals surface area (Å²) in [5.74, 6) is 0.426. The number of carbonyl (C=O) groups is 2. The Kier molecular flexibility index (Phi) is 6.12. The number of esters is 1. The van der Waals surface area contributed by atoms with Gasteiger partial charge in [-0.3, -0.25) is 4.79 Å². The van der Waals surface area contributed by atoms with Crippen molar-refractivity contribution >= 4 is 12.1 Å². The van der Waals surface area contributed by atoms with E-state index in [4.69, 9.17) is 14.2 Å². The first-order chi connectivity index (χ1) is 11.3. The Labute approximate surface area is 144 Å². The second-order valence-corrected chi connectivity index (χ2v) is 7.68. The van der Waals surface area contributed by atoms with E-state index in [9.17, 15) is 9.59 Å². The third-order valence-electron chi connectivity index (χ3n) is 4.80.